The van der Waals surface area contributed by atoms with Crippen molar-refractivity contribution >= 4 is 44.0 Å². The fraction of sp³-hybridized carbons (Fsp3) is 0.0462. The SMILES string of the molecule is CC/C=C\C(=C/Cc1cccc2c1c1cc(-c3ccccc3)ccc1n2-c1ccccc1)N(c1ccc(-c2ccccc2)cc1)c1ccc(-c2ccc(-c3cccc4ccccc34)cc2)cc1. The zero-order valence-electron chi connectivity index (χ0n) is 37.6. The van der Waals surface area contributed by atoms with Crippen LogP contribution in [0.3, 0.4) is 0 Å². The van der Waals surface area contributed by atoms with Crippen molar-refractivity contribution in [2.45, 2.75) is 19.8 Å². The maximum Gasteiger partial charge on any atom is 0.0543 e. The van der Waals surface area contributed by atoms with E-state index >= 15 is 0 Å². The summed E-state index contributed by atoms with van der Waals surface area (Å²) < 4.78 is 2.42. The number of rotatable bonds is 12. The summed E-state index contributed by atoms with van der Waals surface area (Å²) in [5.41, 5.74) is 17.8. The van der Waals surface area contributed by atoms with Gasteiger partial charge in [-0.25, -0.2) is 0 Å². The lowest BCUT2D eigenvalue weighted by Crippen LogP contribution is -2.15. The molecule has 0 fully saturated rings. The first-order valence-electron chi connectivity index (χ1n) is 23.4. The molecular formula is C65H50N2. The highest BCUT2D eigenvalue weighted by Gasteiger charge is 2.18. The third kappa shape index (κ3) is 8.27. The van der Waals surface area contributed by atoms with Gasteiger partial charge >= 0.3 is 0 Å². The number of hydrogen-bond donors (Lipinski definition) is 0. The van der Waals surface area contributed by atoms with Gasteiger partial charge in [-0.2, -0.15) is 0 Å². The average molecular weight is 859 g/mol. The monoisotopic (exact) mass is 858 g/mol. The maximum absolute atomic E-state index is 2.42. The lowest BCUT2D eigenvalue weighted by molar-refractivity contribution is 1.14. The molecule has 2 heteroatoms. The van der Waals surface area contributed by atoms with Crippen molar-refractivity contribution in [3.8, 4) is 50.2 Å². The van der Waals surface area contributed by atoms with Crippen molar-refractivity contribution in [3.63, 3.8) is 0 Å². The molecule has 10 aromatic carbocycles. The molecule has 0 unspecified atom stereocenters. The first kappa shape index (κ1) is 41.3. The predicted molar refractivity (Wildman–Crippen MR) is 286 cm³/mol. The Labute approximate surface area is 393 Å². The highest BCUT2D eigenvalue weighted by Crippen LogP contribution is 2.39. The van der Waals surface area contributed by atoms with Crippen molar-refractivity contribution in [2.75, 3.05) is 4.90 Å². The number of para-hydroxylation sites is 1. The molecule has 0 radical (unpaired) electrons. The normalized spacial score (nSPS) is 11.8. The third-order valence-corrected chi connectivity index (χ3v) is 13.0. The molecule has 0 aliphatic rings. The van der Waals surface area contributed by atoms with E-state index in [0.29, 0.717) is 0 Å². The van der Waals surface area contributed by atoms with Gasteiger partial charge in [-0.15, -0.1) is 0 Å². The number of anilines is 2. The van der Waals surface area contributed by atoms with Crippen LogP contribution in [0.15, 0.2) is 267 Å². The van der Waals surface area contributed by atoms with Crippen molar-refractivity contribution in [1.82, 2.24) is 4.57 Å². The molecule has 0 atom stereocenters. The molecule has 0 spiro atoms. The minimum absolute atomic E-state index is 0.740. The molecule has 2 nitrogen and oxygen atoms in total. The van der Waals surface area contributed by atoms with Crippen LogP contribution in [0.5, 0.6) is 0 Å². The predicted octanol–water partition coefficient (Wildman–Crippen LogP) is 17.8. The summed E-state index contributed by atoms with van der Waals surface area (Å²) in [6.07, 6.45) is 8.65. The van der Waals surface area contributed by atoms with Crippen LogP contribution in [-0.2, 0) is 6.42 Å². The first-order chi connectivity index (χ1) is 33.2. The Morgan fingerprint density at radius 3 is 1.61 bits per heavy atom. The Morgan fingerprint density at radius 2 is 0.955 bits per heavy atom. The molecule has 0 saturated carbocycles. The minimum Gasteiger partial charge on any atom is -0.311 e. The molecule has 11 aromatic rings. The lowest BCUT2D eigenvalue weighted by Gasteiger charge is -2.27. The van der Waals surface area contributed by atoms with Gasteiger partial charge in [-0.3, -0.25) is 0 Å². The second-order valence-electron chi connectivity index (χ2n) is 17.1. The Kier molecular flexibility index (Phi) is 11.4. The zero-order valence-corrected chi connectivity index (χ0v) is 37.6. The lowest BCUT2D eigenvalue weighted by atomic mass is 9.96. The minimum atomic E-state index is 0.740. The van der Waals surface area contributed by atoms with Gasteiger partial charge in [-0.1, -0.05) is 207 Å². The van der Waals surface area contributed by atoms with E-state index in [0.717, 1.165) is 35.6 Å². The Hall–Kier alpha value is -8.46. The second-order valence-corrected chi connectivity index (χ2v) is 17.1. The van der Waals surface area contributed by atoms with Crippen LogP contribution in [0.25, 0.3) is 82.8 Å². The summed E-state index contributed by atoms with van der Waals surface area (Å²) in [4.78, 5) is 2.41. The number of hydrogen-bond acceptors (Lipinski definition) is 1. The molecule has 0 saturated heterocycles. The van der Waals surface area contributed by atoms with Gasteiger partial charge in [0.05, 0.1) is 11.0 Å². The van der Waals surface area contributed by atoms with Gasteiger partial charge in [-0.05, 0) is 134 Å². The Balaban J connectivity index is 1.00. The summed E-state index contributed by atoms with van der Waals surface area (Å²) in [6, 6.07) is 88.1. The van der Waals surface area contributed by atoms with Gasteiger partial charge in [0.2, 0.25) is 0 Å². The van der Waals surface area contributed by atoms with Crippen molar-refractivity contribution < 1.29 is 0 Å². The van der Waals surface area contributed by atoms with Gasteiger partial charge in [0, 0.05) is 33.5 Å². The van der Waals surface area contributed by atoms with Gasteiger partial charge < -0.3 is 9.47 Å². The van der Waals surface area contributed by atoms with E-state index in [-0.39, 0.29) is 0 Å². The molecule has 0 N–H and O–H groups in total. The summed E-state index contributed by atoms with van der Waals surface area (Å²) in [5.74, 6) is 0. The highest BCUT2D eigenvalue weighted by atomic mass is 15.1. The summed E-state index contributed by atoms with van der Waals surface area (Å²) in [7, 11) is 0. The number of fused-ring (bicyclic) bond motifs is 4. The van der Waals surface area contributed by atoms with E-state index in [9.17, 15) is 0 Å². The maximum atomic E-state index is 2.42. The molecule has 1 aromatic heterocycles. The summed E-state index contributed by atoms with van der Waals surface area (Å²) in [6.45, 7) is 2.21. The topological polar surface area (TPSA) is 8.17 Å². The van der Waals surface area contributed by atoms with Crippen LogP contribution in [0.2, 0.25) is 0 Å². The van der Waals surface area contributed by atoms with Crippen molar-refractivity contribution in [1.29, 1.82) is 0 Å². The fourth-order valence-corrected chi connectivity index (χ4v) is 9.67. The number of allylic oxidation sites excluding steroid dienone is 3. The molecular weight excluding hydrogens is 809 g/mol. The standard InChI is InChI=1S/C65H50N2/c1-2-3-24-57(44-38-54-23-16-29-64-65(54)62-46-55(48-19-9-5-10-20-48)39-45-63(62)67(64)56-25-11-6-12-26-56)66(58-40-34-50(35-41-58)47-17-7-4-8-18-47)59-42-36-51(37-43-59)49-30-32-53(33-31-49)61-28-15-22-52-21-13-14-27-60(52)61/h3-37,39-46H,2,38H2,1H3/b24-3-,57-44+. The van der Waals surface area contributed by atoms with E-state index in [4.69, 9.17) is 0 Å². The van der Waals surface area contributed by atoms with Crippen molar-refractivity contribution in [3.05, 3.63) is 272 Å². The summed E-state index contributed by atoms with van der Waals surface area (Å²) >= 11 is 0. The molecule has 1 heterocycles. The molecule has 0 aliphatic heterocycles. The zero-order chi connectivity index (χ0) is 44.9. The van der Waals surface area contributed by atoms with E-state index < -0.39 is 0 Å². The average Bonchev–Trinajstić information content (AvgIpc) is 3.74. The molecule has 67 heavy (non-hydrogen) atoms. The highest BCUT2D eigenvalue weighted by molar-refractivity contribution is 6.12. The van der Waals surface area contributed by atoms with Gasteiger partial charge in [0.25, 0.3) is 0 Å². The molecule has 0 aliphatic carbocycles. The van der Waals surface area contributed by atoms with Gasteiger partial charge in [0.1, 0.15) is 0 Å². The Bertz CT molecular complexity index is 3520. The number of aromatic nitrogens is 1. The van der Waals surface area contributed by atoms with Crippen LogP contribution in [-0.4, -0.2) is 4.57 Å². The van der Waals surface area contributed by atoms with E-state index in [1.807, 2.05) is 0 Å². The van der Waals surface area contributed by atoms with Crippen LogP contribution >= 0.6 is 0 Å². The molecule has 11 rings (SSSR count). The number of nitrogens with zero attached hydrogens (tertiary/aromatic N) is 2. The number of benzene rings is 10. The smallest absolute Gasteiger partial charge is 0.0543 e. The van der Waals surface area contributed by atoms with Crippen molar-refractivity contribution in [2.24, 2.45) is 0 Å². The van der Waals surface area contributed by atoms with E-state index in [2.05, 4.69) is 277 Å². The van der Waals surface area contributed by atoms with Crippen LogP contribution in [0, 0.1) is 0 Å². The van der Waals surface area contributed by atoms with Crippen LogP contribution in [0.1, 0.15) is 18.9 Å². The second kappa shape index (κ2) is 18.6. The molecule has 0 amide bonds. The fourth-order valence-electron chi connectivity index (χ4n) is 9.67. The third-order valence-electron chi connectivity index (χ3n) is 13.0. The summed E-state index contributed by atoms with van der Waals surface area (Å²) in [5, 5.41) is 5.06. The van der Waals surface area contributed by atoms with Gasteiger partial charge in [0.15, 0.2) is 0 Å². The van der Waals surface area contributed by atoms with Crippen LogP contribution < -0.4 is 4.90 Å². The van der Waals surface area contributed by atoms with Crippen LogP contribution in [0.4, 0.5) is 11.4 Å². The van der Waals surface area contributed by atoms with E-state index in [1.54, 1.807) is 0 Å². The quantitative estimate of drug-likeness (QED) is 0.111. The largest absolute Gasteiger partial charge is 0.311 e. The molecule has 320 valence electrons. The first-order valence-corrected chi connectivity index (χ1v) is 23.4. The molecule has 0 bridgehead atoms. The van der Waals surface area contributed by atoms with E-state index in [1.165, 1.54) is 82.6 Å². The Morgan fingerprint density at radius 1 is 0.433 bits per heavy atom.